The zero-order chi connectivity index (χ0) is 20.1. The van der Waals surface area contributed by atoms with Crippen molar-refractivity contribution in [3.63, 3.8) is 0 Å². The maximum Gasteiger partial charge on any atom is 0.268 e. The lowest BCUT2D eigenvalue weighted by atomic mass is 9.99. The zero-order valence-corrected chi connectivity index (χ0v) is 15.8. The van der Waals surface area contributed by atoms with Gasteiger partial charge in [0.1, 0.15) is 17.2 Å². The van der Waals surface area contributed by atoms with Gasteiger partial charge in [0.15, 0.2) is 5.82 Å². The van der Waals surface area contributed by atoms with Gasteiger partial charge >= 0.3 is 0 Å². The van der Waals surface area contributed by atoms with Crippen molar-refractivity contribution in [2.45, 2.75) is 11.3 Å². The second kappa shape index (κ2) is 6.79. The maximum atomic E-state index is 14.6. The van der Waals surface area contributed by atoms with Crippen LogP contribution in [0, 0.1) is 17.5 Å². The predicted octanol–water partition coefficient (Wildman–Crippen LogP) is 4.01. The lowest BCUT2D eigenvalue weighted by Gasteiger charge is -2.21. The summed E-state index contributed by atoms with van der Waals surface area (Å²) < 4.78 is 68.8. The molecule has 0 fully saturated rings. The molecular weight excluding hydrogens is 389 g/mol. The van der Waals surface area contributed by atoms with E-state index in [4.69, 9.17) is 0 Å². The molecule has 0 aliphatic carbocycles. The molecule has 0 atom stereocenters. The number of hydrogen-bond acceptors (Lipinski definition) is 3. The van der Waals surface area contributed by atoms with Crippen molar-refractivity contribution in [1.29, 1.82) is 0 Å². The Balaban J connectivity index is 1.98. The molecule has 0 N–H and O–H groups in total. The van der Waals surface area contributed by atoms with E-state index in [0.29, 0.717) is 24.6 Å². The monoisotopic (exact) mass is 406 g/mol. The Labute approximate surface area is 160 Å². The molecule has 0 amide bonds. The van der Waals surface area contributed by atoms with Crippen LogP contribution in [-0.4, -0.2) is 37.4 Å². The molecule has 0 bridgehead atoms. The van der Waals surface area contributed by atoms with Gasteiger partial charge in [-0.15, -0.1) is 0 Å². The fourth-order valence-electron chi connectivity index (χ4n) is 3.43. The molecule has 1 aliphatic rings. The normalized spacial score (nSPS) is 15.8. The van der Waals surface area contributed by atoms with Gasteiger partial charge in [0, 0.05) is 36.3 Å². The second-order valence-corrected chi connectivity index (χ2v) is 8.64. The minimum absolute atomic E-state index is 0.182. The predicted molar refractivity (Wildman–Crippen MR) is 101 cm³/mol. The number of likely N-dealkylation sites (N-methyl/N-ethyl adjacent to an activating group) is 1. The van der Waals surface area contributed by atoms with E-state index in [2.05, 4.69) is 4.90 Å². The van der Waals surface area contributed by atoms with E-state index in [-0.39, 0.29) is 15.8 Å². The van der Waals surface area contributed by atoms with Crippen molar-refractivity contribution < 1.29 is 21.6 Å². The molecule has 3 aromatic rings. The molecule has 0 radical (unpaired) electrons. The summed E-state index contributed by atoms with van der Waals surface area (Å²) in [7, 11) is -2.24. The lowest BCUT2D eigenvalue weighted by molar-refractivity contribution is 0.370. The van der Waals surface area contributed by atoms with E-state index in [9.17, 15) is 21.6 Å². The minimum atomic E-state index is -4.20. The molecule has 146 valence electrons. The molecule has 8 heteroatoms. The fourth-order valence-corrected chi connectivity index (χ4v) is 4.80. The average Bonchev–Trinajstić information content (AvgIpc) is 3.03. The number of nitrogens with zero attached hydrogens (tertiary/aromatic N) is 2. The first-order valence-electron chi connectivity index (χ1n) is 8.66. The highest BCUT2D eigenvalue weighted by Crippen LogP contribution is 2.34. The summed E-state index contributed by atoms with van der Waals surface area (Å²) in [5.41, 5.74) is 1.09. The van der Waals surface area contributed by atoms with E-state index >= 15 is 0 Å². The zero-order valence-electron chi connectivity index (χ0n) is 15.0. The SMILES string of the molecule is CN1CC=C(c2cn(S(=O)(=O)c3ccc(F)cc3)c3c(F)cc(F)cc23)CC1. The molecule has 4 nitrogen and oxygen atoms in total. The topological polar surface area (TPSA) is 42.3 Å². The third kappa shape index (κ3) is 3.12. The van der Waals surface area contributed by atoms with Crippen LogP contribution >= 0.6 is 0 Å². The molecule has 2 aromatic carbocycles. The summed E-state index contributed by atoms with van der Waals surface area (Å²) >= 11 is 0. The first-order valence-corrected chi connectivity index (χ1v) is 10.1. The Morgan fingerprint density at radius 1 is 1.00 bits per heavy atom. The van der Waals surface area contributed by atoms with Gasteiger partial charge < -0.3 is 4.90 Å². The summed E-state index contributed by atoms with van der Waals surface area (Å²) in [6.45, 7) is 1.41. The first-order chi connectivity index (χ1) is 13.3. The van der Waals surface area contributed by atoms with Gasteiger partial charge in [-0.2, -0.15) is 0 Å². The molecule has 0 unspecified atom stereocenters. The second-order valence-electron chi connectivity index (χ2n) is 6.82. The highest BCUT2D eigenvalue weighted by molar-refractivity contribution is 7.90. The van der Waals surface area contributed by atoms with Crippen molar-refractivity contribution >= 4 is 26.5 Å². The van der Waals surface area contributed by atoms with E-state index in [1.54, 1.807) is 0 Å². The number of aromatic nitrogens is 1. The van der Waals surface area contributed by atoms with Gasteiger partial charge in [-0.3, -0.25) is 0 Å². The van der Waals surface area contributed by atoms with Crippen LogP contribution in [0.3, 0.4) is 0 Å². The molecule has 4 rings (SSSR count). The van der Waals surface area contributed by atoms with Crippen LogP contribution in [0.1, 0.15) is 12.0 Å². The first kappa shape index (κ1) is 18.8. The van der Waals surface area contributed by atoms with E-state index in [1.807, 2.05) is 13.1 Å². The average molecular weight is 406 g/mol. The number of fused-ring (bicyclic) bond motifs is 1. The number of hydrogen-bond donors (Lipinski definition) is 0. The fraction of sp³-hybridized carbons (Fsp3) is 0.200. The third-order valence-electron chi connectivity index (χ3n) is 4.91. The lowest BCUT2D eigenvalue weighted by Crippen LogP contribution is -2.23. The van der Waals surface area contributed by atoms with Crippen molar-refractivity contribution in [2.24, 2.45) is 0 Å². The van der Waals surface area contributed by atoms with Crippen LogP contribution in [0.5, 0.6) is 0 Å². The molecule has 0 saturated heterocycles. The minimum Gasteiger partial charge on any atom is -0.302 e. The van der Waals surface area contributed by atoms with Gasteiger partial charge in [0.2, 0.25) is 0 Å². The van der Waals surface area contributed by atoms with Crippen LogP contribution in [0.15, 0.2) is 53.6 Å². The Hall–Kier alpha value is -2.58. The number of benzene rings is 2. The molecule has 2 heterocycles. The van der Waals surface area contributed by atoms with E-state index < -0.39 is 27.5 Å². The molecular formula is C20H17F3N2O2S. The number of rotatable bonds is 3. The summed E-state index contributed by atoms with van der Waals surface area (Å²) in [4.78, 5) is 1.90. The maximum absolute atomic E-state index is 14.6. The van der Waals surface area contributed by atoms with Crippen LogP contribution in [0.25, 0.3) is 16.5 Å². The Morgan fingerprint density at radius 2 is 1.71 bits per heavy atom. The Kier molecular flexibility index (Phi) is 4.55. The molecule has 1 aromatic heterocycles. The summed E-state index contributed by atoms with van der Waals surface area (Å²) in [5.74, 6) is -2.33. The summed E-state index contributed by atoms with van der Waals surface area (Å²) in [6, 6.07) is 6.08. The van der Waals surface area contributed by atoms with Crippen molar-refractivity contribution in [3.05, 3.63) is 71.7 Å². The smallest absolute Gasteiger partial charge is 0.268 e. The largest absolute Gasteiger partial charge is 0.302 e. The molecule has 0 spiro atoms. The van der Waals surface area contributed by atoms with E-state index in [0.717, 1.165) is 46.4 Å². The van der Waals surface area contributed by atoms with Crippen LogP contribution in [0.4, 0.5) is 13.2 Å². The van der Waals surface area contributed by atoms with Gasteiger partial charge in [-0.25, -0.2) is 25.6 Å². The van der Waals surface area contributed by atoms with Crippen LogP contribution < -0.4 is 0 Å². The van der Waals surface area contributed by atoms with Gasteiger partial charge in [0.25, 0.3) is 10.0 Å². The van der Waals surface area contributed by atoms with Gasteiger partial charge in [-0.05, 0) is 49.4 Å². The molecule has 0 saturated carbocycles. The van der Waals surface area contributed by atoms with Gasteiger partial charge in [-0.1, -0.05) is 6.08 Å². The summed E-state index contributed by atoms with van der Waals surface area (Å²) in [6.07, 6.45) is 3.88. The standard InChI is InChI=1S/C20H17F3N2O2S/c1-24-8-6-13(7-9-24)18-12-25(20-17(18)10-15(22)11-19(20)23)28(26,27)16-4-2-14(21)3-5-16/h2-6,10-12H,7-9H2,1H3. The summed E-state index contributed by atoms with van der Waals surface area (Å²) in [5, 5.41) is 0.194. The van der Waals surface area contributed by atoms with Gasteiger partial charge in [0.05, 0.1) is 4.90 Å². The molecule has 1 aliphatic heterocycles. The Bertz CT molecular complexity index is 1200. The highest BCUT2D eigenvalue weighted by atomic mass is 32.2. The van der Waals surface area contributed by atoms with Crippen LogP contribution in [-0.2, 0) is 10.0 Å². The quantitative estimate of drug-likeness (QED) is 0.660. The highest BCUT2D eigenvalue weighted by Gasteiger charge is 2.26. The Morgan fingerprint density at radius 3 is 2.36 bits per heavy atom. The van der Waals surface area contributed by atoms with Crippen molar-refractivity contribution in [1.82, 2.24) is 8.87 Å². The molecule has 28 heavy (non-hydrogen) atoms. The number of halogens is 3. The van der Waals surface area contributed by atoms with E-state index in [1.165, 1.54) is 6.20 Å². The third-order valence-corrected chi connectivity index (χ3v) is 6.59. The van der Waals surface area contributed by atoms with Crippen LogP contribution in [0.2, 0.25) is 0 Å². The van der Waals surface area contributed by atoms with Crippen molar-refractivity contribution in [3.8, 4) is 0 Å². The van der Waals surface area contributed by atoms with Crippen molar-refractivity contribution in [2.75, 3.05) is 20.1 Å².